The second kappa shape index (κ2) is 10.7. The van der Waals surface area contributed by atoms with Crippen molar-refractivity contribution in [1.29, 1.82) is 0 Å². The number of urea groups is 1. The van der Waals surface area contributed by atoms with Crippen molar-refractivity contribution in [3.05, 3.63) is 103 Å². The van der Waals surface area contributed by atoms with E-state index >= 15 is 0 Å². The first-order valence-electron chi connectivity index (χ1n) is 11.6. The number of ether oxygens (including phenoxy) is 1. The number of pyridine rings is 2. The zero-order chi connectivity index (χ0) is 24.7. The van der Waals surface area contributed by atoms with Crippen LogP contribution in [0.25, 0.3) is 22.0 Å². The number of carbonyl (C=O) groups is 1. The maximum absolute atomic E-state index is 12.2. The fourth-order valence-corrected chi connectivity index (χ4v) is 3.94. The van der Waals surface area contributed by atoms with Crippen LogP contribution in [0, 0.1) is 0 Å². The smallest absolute Gasteiger partial charge is 0.324 e. The molecule has 8 heteroatoms. The molecule has 0 radical (unpaired) electrons. The Morgan fingerprint density at radius 3 is 2.61 bits per heavy atom. The Balaban J connectivity index is 1.17. The van der Waals surface area contributed by atoms with E-state index in [9.17, 15) is 4.79 Å². The van der Waals surface area contributed by atoms with Gasteiger partial charge in [-0.05, 0) is 48.4 Å². The van der Waals surface area contributed by atoms with E-state index in [0.29, 0.717) is 30.3 Å². The molecule has 5 rings (SSSR count). The average Bonchev–Trinajstić information content (AvgIpc) is 3.31. The molecule has 0 bridgehead atoms. The Morgan fingerprint density at radius 2 is 1.78 bits per heavy atom. The first kappa shape index (κ1) is 23.1. The minimum Gasteiger partial charge on any atom is -0.490 e. The van der Waals surface area contributed by atoms with Crippen LogP contribution in [0.2, 0.25) is 0 Å². The second-order valence-corrected chi connectivity index (χ2v) is 8.42. The molecular formula is C28H26N6O2. The van der Waals surface area contributed by atoms with Gasteiger partial charge in [-0.1, -0.05) is 36.4 Å². The molecule has 2 aromatic carbocycles. The maximum atomic E-state index is 12.2. The number of hydrogen-bond donors (Lipinski definition) is 4. The summed E-state index contributed by atoms with van der Waals surface area (Å²) in [5.74, 6) is 1.07. The third-order valence-corrected chi connectivity index (χ3v) is 5.70. The summed E-state index contributed by atoms with van der Waals surface area (Å²) in [5, 5.41) is 6.67. The molecule has 36 heavy (non-hydrogen) atoms. The van der Waals surface area contributed by atoms with Gasteiger partial charge in [0.15, 0.2) is 0 Å². The fourth-order valence-electron chi connectivity index (χ4n) is 3.94. The molecule has 1 atom stereocenters. The van der Waals surface area contributed by atoms with Gasteiger partial charge in [0.25, 0.3) is 0 Å². The molecule has 0 aliphatic rings. The minimum atomic E-state index is -0.359. The summed E-state index contributed by atoms with van der Waals surface area (Å²) >= 11 is 0. The summed E-state index contributed by atoms with van der Waals surface area (Å²) < 4.78 is 5.94. The predicted molar refractivity (Wildman–Crippen MR) is 142 cm³/mol. The van der Waals surface area contributed by atoms with Crippen LogP contribution in [0.5, 0.6) is 5.75 Å². The highest BCUT2D eigenvalue weighted by molar-refractivity contribution is 5.99. The molecular weight excluding hydrogens is 452 g/mol. The number of benzene rings is 2. The van der Waals surface area contributed by atoms with Crippen molar-refractivity contribution in [2.75, 3.05) is 17.2 Å². The number of rotatable bonds is 8. The summed E-state index contributed by atoms with van der Waals surface area (Å²) in [4.78, 5) is 24.1. The number of nitrogens with zero attached hydrogens (tertiary/aromatic N) is 2. The summed E-state index contributed by atoms with van der Waals surface area (Å²) in [7, 11) is 0. The van der Waals surface area contributed by atoms with Gasteiger partial charge in [0.2, 0.25) is 0 Å². The number of amides is 2. The van der Waals surface area contributed by atoms with E-state index in [1.54, 1.807) is 24.7 Å². The van der Waals surface area contributed by atoms with Crippen LogP contribution in [0.15, 0.2) is 97.6 Å². The van der Waals surface area contributed by atoms with Crippen molar-refractivity contribution in [3.8, 4) is 16.9 Å². The van der Waals surface area contributed by atoms with Crippen molar-refractivity contribution in [2.45, 2.75) is 12.5 Å². The van der Waals surface area contributed by atoms with Gasteiger partial charge in [-0.2, -0.15) is 0 Å². The number of nitrogens with one attached hydrogen (secondary N) is 3. The molecule has 0 saturated carbocycles. The minimum absolute atomic E-state index is 0.165. The van der Waals surface area contributed by atoms with Crippen molar-refractivity contribution in [3.63, 3.8) is 0 Å². The number of nitrogens with two attached hydrogens (primary N) is 1. The lowest BCUT2D eigenvalue weighted by molar-refractivity contribution is 0.262. The number of H-pyrrole nitrogens is 1. The third-order valence-electron chi connectivity index (χ3n) is 5.70. The number of fused-ring (bicyclic) bond motifs is 1. The third kappa shape index (κ3) is 5.68. The highest BCUT2D eigenvalue weighted by atomic mass is 16.5. The highest BCUT2D eigenvalue weighted by Crippen LogP contribution is 2.24. The Hall–Kier alpha value is -4.69. The van der Waals surface area contributed by atoms with Gasteiger partial charge in [0.1, 0.15) is 18.2 Å². The molecule has 5 N–H and O–H groups in total. The maximum Gasteiger partial charge on any atom is 0.324 e. The first-order valence-corrected chi connectivity index (χ1v) is 11.6. The average molecular weight is 479 g/mol. The molecule has 0 unspecified atom stereocenters. The molecule has 180 valence electrons. The number of carbonyl (C=O) groups excluding carboxylic acids is 1. The van der Waals surface area contributed by atoms with E-state index in [-0.39, 0.29) is 12.1 Å². The standard InChI is InChI=1S/C28H26N6O2/c29-22(12-21-16-31-26-9-5-4-8-25(21)26)18-36-24-13-20(14-30-17-24)19-10-11-27(32-15-19)34-28(35)33-23-6-2-1-3-7-23/h1-11,13-17,22,31H,12,18,29H2,(H2,32,33,34,35)/t22-/m0/s1. The van der Waals surface area contributed by atoms with Gasteiger partial charge >= 0.3 is 6.03 Å². The van der Waals surface area contributed by atoms with Crippen LogP contribution >= 0.6 is 0 Å². The van der Waals surface area contributed by atoms with E-state index in [1.165, 1.54) is 10.9 Å². The molecule has 3 heterocycles. The van der Waals surface area contributed by atoms with E-state index in [0.717, 1.165) is 16.6 Å². The lowest BCUT2D eigenvalue weighted by Crippen LogP contribution is -2.30. The molecule has 8 nitrogen and oxygen atoms in total. The quantitative estimate of drug-likeness (QED) is 0.244. The van der Waals surface area contributed by atoms with Crippen LogP contribution in [0.4, 0.5) is 16.3 Å². The highest BCUT2D eigenvalue weighted by Gasteiger charge is 2.11. The molecule has 2 amide bonds. The number of aromatic nitrogens is 3. The van der Waals surface area contributed by atoms with E-state index in [1.807, 2.05) is 60.8 Å². The van der Waals surface area contributed by atoms with Gasteiger partial charge < -0.3 is 20.8 Å². The van der Waals surface area contributed by atoms with E-state index in [2.05, 4.69) is 37.7 Å². The van der Waals surface area contributed by atoms with Crippen LogP contribution in [0.3, 0.4) is 0 Å². The Bertz CT molecular complexity index is 1450. The van der Waals surface area contributed by atoms with Crippen LogP contribution in [0.1, 0.15) is 5.56 Å². The number of anilines is 2. The number of hydrogen-bond acceptors (Lipinski definition) is 5. The second-order valence-electron chi connectivity index (χ2n) is 8.42. The Labute approximate surface area is 208 Å². The molecule has 0 aliphatic carbocycles. The van der Waals surface area contributed by atoms with Crippen molar-refractivity contribution in [2.24, 2.45) is 5.73 Å². The zero-order valence-electron chi connectivity index (χ0n) is 19.5. The van der Waals surface area contributed by atoms with E-state index in [4.69, 9.17) is 10.5 Å². The van der Waals surface area contributed by atoms with Gasteiger partial charge in [-0.25, -0.2) is 9.78 Å². The van der Waals surface area contributed by atoms with Gasteiger partial charge in [-0.15, -0.1) is 0 Å². The monoisotopic (exact) mass is 478 g/mol. The van der Waals surface area contributed by atoms with E-state index < -0.39 is 0 Å². The van der Waals surface area contributed by atoms with Gasteiger partial charge in [0.05, 0.1) is 6.20 Å². The molecule has 5 aromatic rings. The molecule has 0 fully saturated rings. The van der Waals surface area contributed by atoms with Crippen LogP contribution in [-0.4, -0.2) is 33.6 Å². The fraction of sp³-hybridized carbons (Fsp3) is 0.107. The van der Waals surface area contributed by atoms with Gasteiger partial charge in [0, 0.05) is 52.3 Å². The Morgan fingerprint density at radius 1 is 0.944 bits per heavy atom. The summed E-state index contributed by atoms with van der Waals surface area (Å²) in [6.45, 7) is 0.363. The predicted octanol–water partition coefficient (Wildman–Crippen LogP) is 5.22. The molecule has 0 aliphatic heterocycles. The van der Waals surface area contributed by atoms with Crippen molar-refractivity contribution >= 4 is 28.4 Å². The number of para-hydroxylation sites is 2. The summed E-state index contributed by atoms with van der Waals surface area (Å²) in [6.07, 6.45) is 7.79. The normalized spacial score (nSPS) is 11.7. The van der Waals surface area contributed by atoms with Crippen molar-refractivity contribution < 1.29 is 9.53 Å². The summed E-state index contributed by atoms with van der Waals surface area (Å²) in [6, 6.07) is 22.4. The lowest BCUT2D eigenvalue weighted by Gasteiger charge is -2.13. The molecule has 3 aromatic heterocycles. The summed E-state index contributed by atoms with van der Waals surface area (Å²) in [5.41, 5.74) is 11.0. The topological polar surface area (TPSA) is 118 Å². The van der Waals surface area contributed by atoms with Crippen LogP contribution < -0.4 is 21.1 Å². The zero-order valence-corrected chi connectivity index (χ0v) is 19.5. The lowest BCUT2D eigenvalue weighted by atomic mass is 10.1. The molecule has 0 saturated heterocycles. The molecule has 0 spiro atoms. The van der Waals surface area contributed by atoms with Crippen LogP contribution in [-0.2, 0) is 6.42 Å². The first-order chi connectivity index (χ1) is 17.6. The Kier molecular flexibility index (Phi) is 6.86. The SMILES string of the molecule is N[C@H](COc1cncc(-c2ccc(NC(=O)Nc3ccccc3)nc2)c1)Cc1c[nH]c2ccccc12. The van der Waals surface area contributed by atoms with Gasteiger partial charge in [-0.3, -0.25) is 10.3 Å². The van der Waals surface area contributed by atoms with Crippen molar-refractivity contribution in [1.82, 2.24) is 15.0 Å². The number of aromatic amines is 1. The largest absolute Gasteiger partial charge is 0.490 e.